The number of carbonyl (C=O) groups is 1. The van der Waals surface area contributed by atoms with Crippen molar-refractivity contribution >= 4 is 23.9 Å². The van der Waals surface area contributed by atoms with Gasteiger partial charge in [0.05, 0.1) is 13.2 Å². The maximum absolute atomic E-state index is 11.9. The summed E-state index contributed by atoms with van der Waals surface area (Å²) in [5.41, 5.74) is 3.33. The first kappa shape index (κ1) is 13.4. The average molecular weight is 268 g/mol. The van der Waals surface area contributed by atoms with Gasteiger partial charge < -0.3 is 9.64 Å². The van der Waals surface area contributed by atoms with Crippen LogP contribution >= 0.6 is 12.4 Å². The number of hydrogen-bond donors (Lipinski definition) is 0. The summed E-state index contributed by atoms with van der Waals surface area (Å²) in [4.78, 5) is 14.2. The molecule has 3 rings (SSSR count). The fourth-order valence-corrected chi connectivity index (χ4v) is 2.63. The van der Waals surface area contributed by atoms with Crippen molar-refractivity contribution in [2.24, 2.45) is 0 Å². The minimum Gasteiger partial charge on any atom is -0.378 e. The summed E-state index contributed by atoms with van der Waals surface area (Å²) in [7, 11) is 0. The second-order valence-corrected chi connectivity index (χ2v) is 4.72. The Balaban J connectivity index is 0.00000120. The smallest absolute Gasteiger partial charge is 0.163 e. The molecular formula is C14H18ClNO2. The standard InChI is InChI=1S/C14H17NO2.ClH/c16-14-3-1-2-11-4-5-12(10-13(11)14)15-6-8-17-9-7-15;/h4-5,10H,1-3,6-9H2;1H. The van der Waals surface area contributed by atoms with Gasteiger partial charge in [0, 0.05) is 30.8 Å². The molecule has 1 aromatic rings. The van der Waals surface area contributed by atoms with Crippen LogP contribution in [0.1, 0.15) is 28.8 Å². The summed E-state index contributed by atoms with van der Waals surface area (Å²) in [6.07, 6.45) is 2.76. The highest BCUT2D eigenvalue weighted by Crippen LogP contribution is 2.26. The van der Waals surface area contributed by atoms with Crippen LogP contribution in [0, 0.1) is 0 Å². The largest absolute Gasteiger partial charge is 0.378 e. The summed E-state index contributed by atoms with van der Waals surface area (Å²) in [6.45, 7) is 3.41. The number of benzene rings is 1. The molecule has 0 aromatic heterocycles. The van der Waals surface area contributed by atoms with Crippen molar-refractivity contribution < 1.29 is 9.53 Å². The monoisotopic (exact) mass is 267 g/mol. The van der Waals surface area contributed by atoms with Gasteiger partial charge in [0.1, 0.15) is 0 Å². The van der Waals surface area contributed by atoms with Crippen molar-refractivity contribution in [1.82, 2.24) is 0 Å². The van der Waals surface area contributed by atoms with Crippen molar-refractivity contribution in [1.29, 1.82) is 0 Å². The maximum Gasteiger partial charge on any atom is 0.163 e. The molecule has 1 aliphatic carbocycles. The van der Waals surface area contributed by atoms with E-state index in [1.54, 1.807) is 0 Å². The zero-order chi connectivity index (χ0) is 11.7. The van der Waals surface area contributed by atoms with Gasteiger partial charge in [-0.2, -0.15) is 0 Å². The molecule has 2 aliphatic rings. The molecule has 98 valence electrons. The number of halogens is 1. The Morgan fingerprint density at radius 1 is 1.11 bits per heavy atom. The summed E-state index contributed by atoms with van der Waals surface area (Å²) in [5, 5.41) is 0. The Morgan fingerprint density at radius 2 is 1.89 bits per heavy atom. The highest BCUT2D eigenvalue weighted by molar-refractivity contribution is 5.99. The van der Waals surface area contributed by atoms with Gasteiger partial charge in [0.25, 0.3) is 0 Å². The number of rotatable bonds is 1. The zero-order valence-corrected chi connectivity index (χ0v) is 11.2. The molecule has 1 aromatic carbocycles. The lowest BCUT2D eigenvalue weighted by atomic mass is 9.90. The number of fused-ring (bicyclic) bond motifs is 1. The van der Waals surface area contributed by atoms with E-state index in [1.807, 2.05) is 0 Å². The molecule has 0 atom stereocenters. The predicted octanol–water partition coefficient (Wildman–Crippen LogP) is 2.46. The minimum atomic E-state index is 0. The topological polar surface area (TPSA) is 29.5 Å². The molecule has 0 N–H and O–H groups in total. The zero-order valence-electron chi connectivity index (χ0n) is 10.4. The molecule has 3 nitrogen and oxygen atoms in total. The van der Waals surface area contributed by atoms with E-state index in [-0.39, 0.29) is 12.4 Å². The lowest BCUT2D eigenvalue weighted by Crippen LogP contribution is -2.36. The number of hydrogen-bond acceptors (Lipinski definition) is 3. The van der Waals surface area contributed by atoms with Gasteiger partial charge in [-0.25, -0.2) is 0 Å². The number of carbonyl (C=O) groups excluding carboxylic acids is 1. The maximum atomic E-state index is 11.9. The normalized spacial score (nSPS) is 19.1. The molecular weight excluding hydrogens is 250 g/mol. The van der Waals surface area contributed by atoms with Gasteiger partial charge in [-0.3, -0.25) is 4.79 Å². The third-order valence-corrected chi connectivity index (χ3v) is 3.62. The van der Waals surface area contributed by atoms with Crippen LogP contribution in [0.15, 0.2) is 18.2 Å². The molecule has 0 amide bonds. The first-order chi connectivity index (χ1) is 8.34. The Morgan fingerprint density at radius 3 is 2.67 bits per heavy atom. The molecule has 4 heteroatoms. The van der Waals surface area contributed by atoms with Gasteiger partial charge in [0.15, 0.2) is 5.78 Å². The number of ether oxygens (including phenoxy) is 1. The van der Waals surface area contributed by atoms with E-state index in [2.05, 4.69) is 23.1 Å². The third-order valence-electron chi connectivity index (χ3n) is 3.62. The van der Waals surface area contributed by atoms with Crippen LogP contribution in [0.5, 0.6) is 0 Å². The summed E-state index contributed by atoms with van der Waals surface area (Å²) in [6, 6.07) is 6.34. The van der Waals surface area contributed by atoms with Crippen molar-refractivity contribution in [2.45, 2.75) is 19.3 Å². The first-order valence-electron chi connectivity index (χ1n) is 6.33. The molecule has 1 aliphatic heterocycles. The van der Waals surface area contributed by atoms with Crippen molar-refractivity contribution in [2.75, 3.05) is 31.2 Å². The number of Topliss-reactive ketones (excluding diaryl/α,β-unsaturated/α-hetero) is 1. The lowest BCUT2D eigenvalue weighted by molar-refractivity contribution is 0.0972. The first-order valence-corrected chi connectivity index (χ1v) is 6.33. The van der Waals surface area contributed by atoms with Crippen LogP contribution in [0.3, 0.4) is 0 Å². The SMILES string of the molecule is Cl.O=C1CCCc2ccc(N3CCOCC3)cc21. The Hall–Kier alpha value is -1.06. The van der Waals surface area contributed by atoms with Gasteiger partial charge in [-0.1, -0.05) is 6.07 Å². The predicted molar refractivity (Wildman–Crippen MR) is 74.0 cm³/mol. The van der Waals surface area contributed by atoms with E-state index in [0.29, 0.717) is 12.2 Å². The lowest BCUT2D eigenvalue weighted by Gasteiger charge is -2.29. The quantitative estimate of drug-likeness (QED) is 0.783. The number of morpholine rings is 1. The Bertz CT molecular complexity index is 441. The van der Waals surface area contributed by atoms with E-state index in [1.165, 1.54) is 11.3 Å². The van der Waals surface area contributed by atoms with Crippen LogP contribution < -0.4 is 4.90 Å². The Labute approximate surface area is 114 Å². The molecule has 0 spiro atoms. The minimum absolute atomic E-state index is 0. The van der Waals surface area contributed by atoms with Crippen molar-refractivity contribution in [3.8, 4) is 0 Å². The van der Waals surface area contributed by atoms with Crippen LogP contribution in [0.4, 0.5) is 5.69 Å². The highest BCUT2D eigenvalue weighted by atomic mass is 35.5. The number of ketones is 1. The number of aryl methyl sites for hydroxylation is 1. The van der Waals surface area contributed by atoms with E-state index in [9.17, 15) is 4.79 Å². The van der Waals surface area contributed by atoms with E-state index >= 15 is 0 Å². The molecule has 1 heterocycles. The highest BCUT2D eigenvalue weighted by Gasteiger charge is 2.19. The van der Waals surface area contributed by atoms with Crippen LogP contribution in [0.2, 0.25) is 0 Å². The van der Waals surface area contributed by atoms with E-state index in [4.69, 9.17) is 4.74 Å². The molecule has 0 unspecified atom stereocenters. The summed E-state index contributed by atoms with van der Waals surface area (Å²) < 4.78 is 5.35. The summed E-state index contributed by atoms with van der Waals surface area (Å²) >= 11 is 0. The second-order valence-electron chi connectivity index (χ2n) is 4.72. The molecule has 1 fully saturated rings. The van der Waals surface area contributed by atoms with E-state index in [0.717, 1.165) is 44.7 Å². The van der Waals surface area contributed by atoms with Gasteiger partial charge in [-0.05, 0) is 30.5 Å². The number of anilines is 1. The van der Waals surface area contributed by atoms with Gasteiger partial charge >= 0.3 is 0 Å². The molecule has 0 bridgehead atoms. The molecule has 1 saturated heterocycles. The third kappa shape index (κ3) is 2.52. The van der Waals surface area contributed by atoms with Crippen LogP contribution in [-0.4, -0.2) is 32.1 Å². The van der Waals surface area contributed by atoms with Crippen molar-refractivity contribution in [3.63, 3.8) is 0 Å². The van der Waals surface area contributed by atoms with Crippen LogP contribution in [-0.2, 0) is 11.2 Å². The molecule has 0 saturated carbocycles. The van der Waals surface area contributed by atoms with Gasteiger partial charge in [-0.15, -0.1) is 12.4 Å². The second kappa shape index (κ2) is 5.72. The van der Waals surface area contributed by atoms with Gasteiger partial charge in [0.2, 0.25) is 0 Å². The Kier molecular flexibility index (Phi) is 4.25. The molecule has 0 radical (unpaired) electrons. The van der Waals surface area contributed by atoms with E-state index < -0.39 is 0 Å². The van der Waals surface area contributed by atoms with Crippen LogP contribution in [0.25, 0.3) is 0 Å². The number of nitrogens with zero attached hydrogens (tertiary/aromatic N) is 1. The summed E-state index contributed by atoms with van der Waals surface area (Å²) in [5.74, 6) is 0.307. The fraction of sp³-hybridized carbons (Fsp3) is 0.500. The fourth-order valence-electron chi connectivity index (χ4n) is 2.63. The average Bonchev–Trinajstić information content (AvgIpc) is 2.40. The molecule has 18 heavy (non-hydrogen) atoms. The van der Waals surface area contributed by atoms with Crippen molar-refractivity contribution in [3.05, 3.63) is 29.3 Å².